The highest BCUT2D eigenvalue weighted by molar-refractivity contribution is 6.08. The minimum absolute atomic E-state index is 0.00580. The van der Waals surface area contributed by atoms with Gasteiger partial charge in [-0.2, -0.15) is 5.26 Å². The predicted molar refractivity (Wildman–Crippen MR) is 131 cm³/mol. The molecule has 1 aliphatic rings. The second kappa shape index (κ2) is 9.48. The van der Waals surface area contributed by atoms with Crippen LogP contribution in [0.4, 0.5) is 11.5 Å². The van der Waals surface area contributed by atoms with Crippen LogP contribution < -0.4 is 5.32 Å². The van der Waals surface area contributed by atoms with Gasteiger partial charge in [-0.25, -0.2) is 9.97 Å². The number of nitrogens with zero attached hydrogens (tertiary/aromatic N) is 4. The number of hydrogen-bond donors (Lipinski definition) is 2. The molecular weight excluding hydrogens is 428 g/mol. The van der Waals surface area contributed by atoms with Gasteiger partial charge in [-0.1, -0.05) is 32.9 Å². The summed E-state index contributed by atoms with van der Waals surface area (Å²) in [5.74, 6) is 0.296. The second-order valence-electron chi connectivity index (χ2n) is 9.50. The van der Waals surface area contributed by atoms with Gasteiger partial charge in [0, 0.05) is 30.4 Å². The molecule has 1 amide bonds. The molecule has 0 atom stereocenters. The van der Waals surface area contributed by atoms with Crippen LogP contribution in [0.25, 0.3) is 17.2 Å². The van der Waals surface area contributed by atoms with Gasteiger partial charge < -0.3 is 15.2 Å². The molecule has 34 heavy (non-hydrogen) atoms. The topological polar surface area (TPSA) is 115 Å². The van der Waals surface area contributed by atoms with Crippen LogP contribution in [0.5, 0.6) is 0 Å². The number of piperidine rings is 1. The number of aromatic nitrogens is 3. The normalized spacial score (nSPS) is 14.6. The molecule has 8 heteroatoms. The van der Waals surface area contributed by atoms with E-state index in [1.807, 2.05) is 51.1 Å². The van der Waals surface area contributed by atoms with Gasteiger partial charge in [-0.05, 0) is 43.0 Å². The van der Waals surface area contributed by atoms with Gasteiger partial charge >= 0.3 is 0 Å². The molecule has 0 radical (unpaired) electrons. The molecule has 0 aliphatic carbocycles. The number of fused-ring (bicyclic) bond motifs is 1. The SMILES string of the molecule is CC(C)(C)C(=O)c1c[nH]c2ncc(Nc3ccc(/C=C(/C#N)C(=O)N4CCCCC4)cc3)nc12. The van der Waals surface area contributed by atoms with Crippen molar-refractivity contribution in [2.45, 2.75) is 40.0 Å². The average Bonchev–Trinajstić information content (AvgIpc) is 3.25. The molecule has 2 aromatic heterocycles. The summed E-state index contributed by atoms with van der Waals surface area (Å²) >= 11 is 0. The van der Waals surface area contributed by atoms with Crippen LogP contribution in [0.2, 0.25) is 0 Å². The van der Waals surface area contributed by atoms with Crippen molar-refractivity contribution in [3.05, 3.63) is 53.4 Å². The molecule has 3 aromatic rings. The molecule has 0 bridgehead atoms. The lowest BCUT2D eigenvalue weighted by Gasteiger charge is -2.26. The summed E-state index contributed by atoms with van der Waals surface area (Å²) < 4.78 is 0. The summed E-state index contributed by atoms with van der Waals surface area (Å²) in [6.45, 7) is 7.03. The third-order valence-electron chi connectivity index (χ3n) is 5.79. The zero-order chi connectivity index (χ0) is 24.3. The maximum absolute atomic E-state index is 12.7. The first-order valence-electron chi connectivity index (χ1n) is 11.4. The highest BCUT2D eigenvalue weighted by atomic mass is 16.2. The van der Waals surface area contributed by atoms with Crippen molar-refractivity contribution in [3.63, 3.8) is 0 Å². The first-order valence-corrected chi connectivity index (χ1v) is 11.4. The molecule has 0 spiro atoms. The fraction of sp³-hybridized carbons (Fsp3) is 0.346. The number of H-pyrrole nitrogens is 1. The van der Waals surface area contributed by atoms with Gasteiger partial charge in [0.15, 0.2) is 11.4 Å². The molecule has 2 N–H and O–H groups in total. The van der Waals surface area contributed by atoms with Crippen molar-refractivity contribution in [2.75, 3.05) is 18.4 Å². The monoisotopic (exact) mass is 456 g/mol. The van der Waals surface area contributed by atoms with Gasteiger partial charge in [0.2, 0.25) is 0 Å². The summed E-state index contributed by atoms with van der Waals surface area (Å²) in [6.07, 6.45) is 7.96. The molecule has 1 saturated heterocycles. The number of ketones is 1. The van der Waals surface area contributed by atoms with Gasteiger partial charge in [-0.15, -0.1) is 0 Å². The van der Waals surface area contributed by atoms with Crippen molar-refractivity contribution in [3.8, 4) is 6.07 Å². The smallest absolute Gasteiger partial charge is 0.264 e. The molecule has 174 valence electrons. The van der Waals surface area contributed by atoms with Crippen molar-refractivity contribution in [2.24, 2.45) is 5.41 Å². The number of nitrogens with one attached hydrogen (secondary N) is 2. The molecule has 0 saturated carbocycles. The molecule has 1 aliphatic heterocycles. The Morgan fingerprint density at radius 3 is 2.50 bits per heavy atom. The fourth-order valence-electron chi connectivity index (χ4n) is 3.92. The Balaban J connectivity index is 1.51. The lowest BCUT2D eigenvalue weighted by Crippen LogP contribution is -2.36. The minimum atomic E-state index is -0.527. The van der Waals surface area contributed by atoms with Crippen LogP contribution in [-0.2, 0) is 4.79 Å². The van der Waals surface area contributed by atoms with Crippen LogP contribution in [0.3, 0.4) is 0 Å². The highest BCUT2D eigenvalue weighted by Gasteiger charge is 2.26. The Bertz CT molecular complexity index is 1290. The average molecular weight is 457 g/mol. The van der Waals surface area contributed by atoms with Gasteiger partial charge in [-0.3, -0.25) is 9.59 Å². The van der Waals surface area contributed by atoms with E-state index in [2.05, 4.69) is 20.3 Å². The van der Waals surface area contributed by atoms with Crippen LogP contribution >= 0.6 is 0 Å². The van der Waals surface area contributed by atoms with E-state index in [4.69, 9.17) is 0 Å². The lowest BCUT2D eigenvalue weighted by atomic mass is 9.87. The van der Waals surface area contributed by atoms with E-state index in [-0.39, 0.29) is 17.3 Å². The molecule has 0 unspecified atom stereocenters. The number of aromatic amines is 1. The standard InChI is InChI=1S/C26H28N6O2/c1-26(2,3)23(33)20-15-28-24-22(20)31-21(16-29-24)30-19-9-7-17(8-10-19)13-18(14-27)25(34)32-11-5-4-6-12-32/h7-10,13,15-16H,4-6,11-12H2,1-3H3,(H,28,29)(H,30,31)/b18-13-. The zero-order valence-electron chi connectivity index (χ0n) is 19.7. The summed E-state index contributed by atoms with van der Waals surface area (Å²) in [6, 6.07) is 9.40. The maximum Gasteiger partial charge on any atom is 0.264 e. The Morgan fingerprint density at radius 2 is 1.85 bits per heavy atom. The van der Waals surface area contributed by atoms with E-state index in [0.717, 1.165) is 30.5 Å². The number of carbonyl (C=O) groups excluding carboxylic acids is 2. The van der Waals surface area contributed by atoms with Crippen LogP contribution in [-0.4, -0.2) is 44.6 Å². The molecular formula is C26H28N6O2. The van der Waals surface area contributed by atoms with Gasteiger partial charge in [0.25, 0.3) is 5.91 Å². The number of likely N-dealkylation sites (tertiary alicyclic amines) is 1. The van der Waals surface area contributed by atoms with Crippen LogP contribution in [0.1, 0.15) is 56.0 Å². The Labute approximate surface area is 198 Å². The van der Waals surface area contributed by atoms with E-state index in [1.54, 1.807) is 23.4 Å². The predicted octanol–water partition coefficient (Wildman–Crippen LogP) is 4.85. The fourth-order valence-corrected chi connectivity index (χ4v) is 3.92. The van der Waals surface area contributed by atoms with Crippen molar-refractivity contribution >= 4 is 40.4 Å². The number of carbonyl (C=O) groups is 2. The van der Waals surface area contributed by atoms with Gasteiger partial charge in [0.1, 0.15) is 23.0 Å². The number of nitriles is 1. The summed E-state index contributed by atoms with van der Waals surface area (Å²) in [7, 11) is 0. The lowest BCUT2D eigenvalue weighted by molar-refractivity contribution is -0.127. The Kier molecular flexibility index (Phi) is 6.46. The first kappa shape index (κ1) is 23.2. The van der Waals surface area contributed by atoms with E-state index in [0.29, 0.717) is 35.6 Å². The highest BCUT2D eigenvalue weighted by Crippen LogP contribution is 2.26. The number of anilines is 2. The van der Waals surface area contributed by atoms with Crippen molar-refractivity contribution in [1.29, 1.82) is 5.26 Å². The number of rotatable bonds is 5. The Hall–Kier alpha value is -3.99. The van der Waals surface area contributed by atoms with Gasteiger partial charge in [0.05, 0.1) is 11.8 Å². The third kappa shape index (κ3) is 4.99. The van der Waals surface area contributed by atoms with Crippen molar-refractivity contribution in [1.82, 2.24) is 19.9 Å². The largest absolute Gasteiger partial charge is 0.344 e. The Morgan fingerprint density at radius 1 is 1.15 bits per heavy atom. The number of benzene rings is 1. The zero-order valence-corrected chi connectivity index (χ0v) is 19.7. The molecule has 1 aromatic carbocycles. The maximum atomic E-state index is 12.7. The molecule has 4 rings (SSSR count). The van der Waals surface area contributed by atoms with Crippen LogP contribution in [0, 0.1) is 16.7 Å². The van der Waals surface area contributed by atoms with Crippen molar-refractivity contribution < 1.29 is 9.59 Å². The molecule has 3 heterocycles. The quantitative estimate of drug-likeness (QED) is 0.322. The summed E-state index contributed by atoms with van der Waals surface area (Å²) in [4.78, 5) is 39.1. The van der Waals surface area contributed by atoms with E-state index in [1.165, 1.54) is 0 Å². The first-order chi connectivity index (χ1) is 16.3. The molecule has 8 nitrogen and oxygen atoms in total. The van der Waals surface area contributed by atoms with Crippen LogP contribution in [0.15, 0.2) is 42.2 Å². The summed E-state index contributed by atoms with van der Waals surface area (Å²) in [5, 5.41) is 12.7. The van der Waals surface area contributed by atoms with E-state index >= 15 is 0 Å². The number of Topliss-reactive ketones (excluding diaryl/α,β-unsaturated/α-hetero) is 1. The third-order valence-corrected chi connectivity index (χ3v) is 5.79. The summed E-state index contributed by atoms with van der Waals surface area (Å²) in [5.41, 5.74) is 2.74. The van der Waals surface area contributed by atoms with E-state index in [9.17, 15) is 14.9 Å². The number of hydrogen-bond acceptors (Lipinski definition) is 6. The number of amides is 1. The van der Waals surface area contributed by atoms with E-state index < -0.39 is 5.41 Å². The second-order valence-corrected chi connectivity index (χ2v) is 9.50. The minimum Gasteiger partial charge on any atom is -0.344 e. The molecule has 1 fully saturated rings.